The van der Waals surface area contributed by atoms with Crippen molar-refractivity contribution in [3.63, 3.8) is 0 Å². The summed E-state index contributed by atoms with van der Waals surface area (Å²) in [5, 5.41) is 19.6. The summed E-state index contributed by atoms with van der Waals surface area (Å²) in [5.41, 5.74) is 2.16. The van der Waals surface area contributed by atoms with Crippen LogP contribution in [0.25, 0.3) is 0 Å². The van der Waals surface area contributed by atoms with E-state index in [2.05, 4.69) is 4.98 Å². The molecular weight excluding hydrogens is 240 g/mol. The molecule has 0 saturated carbocycles. The van der Waals surface area contributed by atoms with E-state index in [9.17, 15) is 10.1 Å². The van der Waals surface area contributed by atoms with E-state index in [1.807, 2.05) is 0 Å². The van der Waals surface area contributed by atoms with Crippen LogP contribution in [0.2, 0.25) is 0 Å². The fourth-order valence-corrected chi connectivity index (χ4v) is 2.49. The highest BCUT2D eigenvalue weighted by atomic mass is 32.2. The Morgan fingerprint density at radius 1 is 1.53 bits per heavy atom. The number of aryl methyl sites for hydroxylation is 1. The molecule has 0 radical (unpaired) electrons. The summed E-state index contributed by atoms with van der Waals surface area (Å²) in [6.45, 7) is 3.61. The zero-order valence-electron chi connectivity index (χ0n) is 9.97. The number of hydrogen-bond acceptors (Lipinski definition) is 5. The van der Waals surface area contributed by atoms with Crippen molar-refractivity contribution in [2.75, 3.05) is 12.4 Å². The fraction of sp³-hybridized carbons (Fsp3) is 0.545. The molecule has 1 rings (SSSR count). The molecule has 1 aromatic heterocycles. The molecule has 0 aliphatic rings. The Bertz CT molecular complexity index is 410. The van der Waals surface area contributed by atoms with E-state index in [1.54, 1.807) is 31.8 Å². The van der Waals surface area contributed by atoms with Gasteiger partial charge in [-0.1, -0.05) is 0 Å². The van der Waals surface area contributed by atoms with Gasteiger partial charge in [0.15, 0.2) is 0 Å². The Labute approximate surface area is 104 Å². The lowest BCUT2D eigenvalue weighted by Gasteiger charge is -2.07. The van der Waals surface area contributed by atoms with E-state index in [0.29, 0.717) is 16.9 Å². The van der Waals surface area contributed by atoms with Gasteiger partial charge in [-0.15, -0.1) is 0 Å². The minimum Gasteiger partial charge on any atom is -0.396 e. The van der Waals surface area contributed by atoms with Crippen molar-refractivity contribution >= 4 is 17.4 Å². The van der Waals surface area contributed by atoms with E-state index >= 15 is 0 Å². The van der Waals surface area contributed by atoms with Crippen molar-refractivity contribution in [1.29, 1.82) is 0 Å². The van der Waals surface area contributed by atoms with Crippen LogP contribution in [0.4, 0.5) is 5.69 Å². The van der Waals surface area contributed by atoms with Gasteiger partial charge in [-0.3, -0.25) is 15.1 Å². The molecule has 0 atom stereocenters. The average molecular weight is 256 g/mol. The van der Waals surface area contributed by atoms with Crippen molar-refractivity contribution in [1.82, 2.24) is 4.98 Å². The topological polar surface area (TPSA) is 76.3 Å². The van der Waals surface area contributed by atoms with Crippen molar-refractivity contribution in [3.05, 3.63) is 33.1 Å². The zero-order valence-corrected chi connectivity index (χ0v) is 10.8. The standard InChI is InChI=1S/C11H16N2O3S/c1-8-6-12-10(7-17-5-3-4-14)9(2)11(8)13(15)16/h6,14H,3-5,7H2,1-2H3. The van der Waals surface area contributed by atoms with E-state index < -0.39 is 0 Å². The average Bonchev–Trinajstić information content (AvgIpc) is 2.26. The second-order valence-electron chi connectivity index (χ2n) is 3.75. The SMILES string of the molecule is Cc1cnc(CSCCCO)c(C)c1[N+](=O)[O-]. The summed E-state index contributed by atoms with van der Waals surface area (Å²) in [6, 6.07) is 0. The third kappa shape index (κ3) is 3.67. The first-order valence-electron chi connectivity index (χ1n) is 5.36. The number of thioether (sulfide) groups is 1. The van der Waals surface area contributed by atoms with Crippen molar-refractivity contribution < 1.29 is 10.0 Å². The van der Waals surface area contributed by atoms with E-state index in [-0.39, 0.29) is 17.2 Å². The molecule has 94 valence electrons. The Kier molecular flexibility index (Phi) is 5.37. The molecular formula is C11H16N2O3S. The number of nitrogens with zero attached hydrogens (tertiary/aromatic N) is 2. The molecule has 0 amide bonds. The van der Waals surface area contributed by atoms with E-state index in [0.717, 1.165) is 17.9 Å². The number of aliphatic hydroxyl groups is 1. The van der Waals surface area contributed by atoms with Gasteiger partial charge in [0.25, 0.3) is 5.69 Å². The third-order valence-corrected chi connectivity index (χ3v) is 3.50. The third-order valence-electron chi connectivity index (χ3n) is 2.44. The second kappa shape index (κ2) is 6.56. The summed E-state index contributed by atoms with van der Waals surface area (Å²) >= 11 is 1.63. The summed E-state index contributed by atoms with van der Waals surface area (Å²) in [5.74, 6) is 1.48. The Hall–Kier alpha value is -1.14. The number of aliphatic hydroxyl groups excluding tert-OH is 1. The van der Waals surface area contributed by atoms with Crippen LogP contribution < -0.4 is 0 Å². The van der Waals surface area contributed by atoms with Crippen LogP contribution in [0.15, 0.2) is 6.20 Å². The fourth-order valence-electron chi connectivity index (χ4n) is 1.53. The monoisotopic (exact) mass is 256 g/mol. The predicted molar refractivity (Wildman–Crippen MR) is 68.2 cm³/mol. The van der Waals surface area contributed by atoms with Crippen molar-refractivity contribution in [2.45, 2.75) is 26.0 Å². The maximum atomic E-state index is 10.9. The van der Waals surface area contributed by atoms with Crippen molar-refractivity contribution in [3.8, 4) is 0 Å². The van der Waals surface area contributed by atoms with Crippen LogP contribution in [0.1, 0.15) is 23.2 Å². The summed E-state index contributed by atoms with van der Waals surface area (Å²) in [6.07, 6.45) is 2.28. The largest absolute Gasteiger partial charge is 0.396 e. The molecule has 5 nitrogen and oxygen atoms in total. The summed E-state index contributed by atoms with van der Waals surface area (Å²) < 4.78 is 0. The smallest absolute Gasteiger partial charge is 0.278 e. The first kappa shape index (κ1) is 13.9. The highest BCUT2D eigenvalue weighted by molar-refractivity contribution is 7.98. The van der Waals surface area contributed by atoms with Crippen LogP contribution in [-0.4, -0.2) is 27.4 Å². The molecule has 17 heavy (non-hydrogen) atoms. The number of rotatable bonds is 6. The molecule has 6 heteroatoms. The zero-order chi connectivity index (χ0) is 12.8. The molecule has 0 unspecified atom stereocenters. The minimum absolute atomic E-state index is 0.165. The Morgan fingerprint density at radius 3 is 2.82 bits per heavy atom. The first-order valence-corrected chi connectivity index (χ1v) is 6.51. The minimum atomic E-state index is -0.353. The second-order valence-corrected chi connectivity index (χ2v) is 4.85. The number of hydrogen-bond donors (Lipinski definition) is 1. The van der Waals surface area contributed by atoms with Crippen LogP contribution in [0.3, 0.4) is 0 Å². The quantitative estimate of drug-likeness (QED) is 0.480. The van der Waals surface area contributed by atoms with Crippen LogP contribution >= 0.6 is 11.8 Å². The Morgan fingerprint density at radius 2 is 2.24 bits per heavy atom. The maximum Gasteiger partial charge on any atom is 0.278 e. The number of nitro groups is 1. The molecule has 0 aliphatic heterocycles. The lowest BCUT2D eigenvalue weighted by atomic mass is 10.1. The maximum absolute atomic E-state index is 10.9. The van der Waals surface area contributed by atoms with Crippen LogP contribution in [0, 0.1) is 24.0 Å². The van der Waals surface area contributed by atoms with Gasteiger partial charge in [0.1, 0.15) is 0 Å². The Balaban J connectivity index is 2.80. The molecule has 0 bridgehead atoms. The van der Waals surface area contributed by atoms with Crippen LogP contribution in [-0.2, 0) is 5.75 Å². The highest BCUT2D eigenvalue weighted by Gasteiger charge is 2.18. The predicted octanol–water partition coefficient (Wildman–Crippen LogP) is 2.22. The van der Waals surface area contributed by atoms with E-state index in [1.165, 1.54) is 0 Å². The normalized spacial score (nSPS) is 10.5. The summed E-state index contributed by atoms with van der Waals surface area (Å²) in [7, 11) is 0. The highest BCUT2D eigenvalue weighted by Crippen LogP contribution is 2.26. The van der Waals surface area contributed by atoms with Crippen LogP contribution in [0.5, 0.6) is 0 Å². The van der Waals surface area contributed by atoms with Gasteiger partial charge in [0.2, 0.25) is 0 Å². The molecule has 0 fully saturated rings. The van der Waals surface area contributed by atoms with Gasteiger partial charge in [-0.2, -0.15) is 11.8 Å². The molecule has 1 N–H and O–H groups in total. The number of aromatic nitrogens is 1. The van der Waals surface area contributed by atoms with Gasteiger partial charge in [-0.05, 0) is 26.0 Å². The lowest BCUT2D eigenvalue weighted by Crippen LogP contribution is -2.01. The van der Waals surface area contributed by atoms with Gasteiger partial charge in [0.05, 0.1) is 10.6 Å². The van der Waals surface area contributed by atoms with Gasteiger partial charge < -0.3 is 5.11 Å². The van der Waals surface area contributed by atoms with Crippen molar-refractivity contribution in [2.24, 2.45) is 0 Å². The molecule has 0 saturated heterocycles. The van der Waals surface area contributed by atoms with Gasteiger partial charge in [-0.25, -0.2) is 0 Å². The van der Waals surface area contributed by atoms with E-state index in [4.69, 9.17) is 5.11 Å². The summed E-state index contributed by atoms with van der Waals surface area (Å²) in [4.78, 5) is 14.8. The molecule has 1 heterocycles. The molecule has 0 spiro atoms. The van der Waals surface area contributed by atoms with Gasteiger partial charge in [0, 0.05) is 29.7 Å². The number of pyridine rings is 1. The van der Waals surface area contributed by atoms with Gasteiger partial charge >= 0.3 is 0 Å². The lowest BCUT2D eigenvalue weighted by molar-refractivity contribution is -0.386. The first-order chi connectivity index (χ1) is 8.07. The molecule has 0 aliphatic carbocycles. The molecule has 0 aromatic carbocycles. The molecule has 1 aromatic rings.